The van der Waals surface area contributed by atoms with E-state index in [0.717, 1.165) is 0 Å². The molecule has 2 saturated heterocycles. The van der Waals surface area contributed by atoms with Crippen molar-refractivity contribution in [1.29, 1.82) is 0 Å². The molecule has 4 aliphatic rings. The number of rotatable bonds is 5. The number of allylic oxidation sites excluding steroid dienone is 1. The molecular formula is C34H36ClN3O7. The Balaban J connectivity index is 1.45. The number of aliphatic hydroxyl groups is 1. The van der Waals surface area contributed by atoms with Crippen LogP contribution >= 0.6 is 11.6 Å². The van der Waals surface area contributed by atoms with Crippen molar-refractivity contribution in [2.45, 2.75) is 56.1 Å². The molecule has 11 heteroatoms. The number of anilines is 1. The van der Waals surface area contributed by atoms with Crippen molar-refractivity contribution in [2.24, 2.45) is 11.8 Å². The summed E-state index contributed by atoms with van der Waals surface area (Å²) in [6, 6.07) is 14.1. The molecule has 4 aliphatic heterocycles. The third-order valence-corrected chi connectivity index (χ3v) is 9.45. The Morgan fingerprint density at radius 3 is 2.51 bits per heavy atom. The van der Waals surface area contributed by atoms with Gasteiger partial charge in [0.05, 0.1) is 31.2 Å². The number of amides is 3. The average Bonchev–Trinajstić information content (AvgIpc) is 3.43. The second-order valence-electron chi connectivity index (χ2n) is 11.8. The number of carbonyl (C=O) groups is 4. The third-order valence-electron chi connectivity index (χ3n) is 9.20. The molecule has 10 nitrogen and oxygen atoms in total. The highest BCUT2D eigenvalue weighted by Crippen LogP contribution is 2.54. The van der Waals surface area contributed by atoms with Crippen molar-refractivity contribution in [2.75, 3.05) is 24.6 Å². The second kappa shape index (κ2) is 12.8. The Kier molecular flexibility index (Phi) is 8.81. The Bertz CT molecular complexity index is 1510. The largest absolute Gasteiger partial charge is 0.455 e. The highest BCUT2D eigenvalue weighted by Gasteiger charge is 2.72. The number of ether oxygens (including phenoxy) is 2. The molecule has 2 aromatic carbocycles. The summed E-state index contributed by atoms with van der Waals surface area (Å²) in [5.74, 6) is -3.87. The Morgan fingerprint density at radius 2 is 1.80 bits per heavy atom. The normalized spacial score (nSPS) is 31.5. The Hall–Kier alpha value is -3.99. The molecule has 2 fully saturated rings. The lowest BCUT2D eigenvalue weighted by atomic mass is 9.78. The van der Waals surface area contributed by atoms with Crippen molar-refractivity contribution in [1.82, 2.24) is 10.2 Å². The molecule has 0 saturated carbocycles. The van der Waals surface area contributed by atoms with Gasteiger partial charge in [-0.2, -0.15) is 0 Å². The third kappa shape index (κ3) is 5.55. The van der Waals surface area contributed by atoms with Crippen LogP contribution in [0, 0.1) is 11.8 Å². The minimum atomic E-state index is -1.51. The average molecular weight is 634 g/mol. The number of carbonyl (C=O) groups excluding carboxylic acids is 4. The van der Waals surface area contributed by atoms with E-state index >= 15 is 0 Å². The van der Waals surface area contributed by atoms with Gasteiger partial charge in [-0.1, -0.05) is 73.2 Å². The number of fused-ring (bicyclic) bond motifs is 2. The number of hydrogen-bond acceptors (Lipinski definition) is 7. The van der Waals surface area contributed by atoms with Gasteiger partial charge in [-0.15, -0.1) is 0 Å². The fourth-order valence-corrected chi connectivity index (χ4v) is 7.13. The van der Waals surface area contributed by atoms with Crippen LogP contribution in [0.1, 0.15) is 37.9 Å². The van der Waals surface area contributed by atoms with E-state index in [-0.39, 0.29) is 32.0 Å². The molecule has 45 heavy (non-hydrogen) atoms. The second-order valence-corrected chi connectivity index (χ2v) is 12.2. The first-order valence-electron chi connectivity index (χ1n) is 15.3. The first kappa shape index (κ1) is 31.0. The van der Waals surface area contributed by atoms with Gasteiger partial charge in [0.15, 0.2) is 0 Å². The molecule has 3 amide bonds. The monoisotopic (exact) mass is 633 g/mol. The summed E-state index contributed by atoms with van der Waals surface area (Å²) in [5, 5.41) is 13.7. The van der Waals surface area contributed by atoms with Crippen LogP contribution in [0.3, 0.4) is 0 Å². The first-order chi connectivity index (χ1) is 21.8. The van der Waals surface area contributed by atoms with E-state index < -0.39 is 59.5 Å². The predicted octanol–water partition coefficient (Wildman–Crippen LogP) is 3.35. The van der Waals surface area contributed by atoms with E-state index in [4.69, 9.17) is 21.1 Å². The van der Waals surface area contributed by atoms with E-state index in [1.807, 2.05) is 37.3 Å². The number of likely N-dealkylation sites (tertiary alicyclic amines) is 1. The van der Waals surface area contributed by atoms with E-state index in [1.165, 1.54) is 4.90 Å². The number of esters is 1. The minimum Gasteiger partial charge on any atom is -0.455 e. The van der Waals surface area contributed by atoms with E-state index in [9.17, 15) is 24.3 Å². The zero-order chi connectivity index (χ0) is 31.7. The van der Waals surface area contributed by atoms with Crippen LogP contribution in [-0.4, -0.2) is 77.2 Å². The molecule has 0 unspecified atom stereocenters. The zero-order valence-corrected chi connectivity index (χ0v) is 25.6. The first-order valence-corrected chi connectivity index (χ1v) is 15.7. The zero-order valence-electron chi connectivity index (χ0n) is 24.9. The van der Waals surface area contributed by atoms with Crippen LogP contribution in [0.15, 0.2) is 78.9 Å². The maximum absolute atomic E-state index is 14.6. The van der Waals surface area contributed by atoms with Crippen LogP contribution in [0.2, 0.25) is 5.02 Å². The highest BCUT2D eigenvalue weighted by molar-refractivity contribution is 6.30. The maximum Gasteiger partial charge on any atom is 0.313 e. The highest BCUT2D eigenvalue weighted by atomic mass is 35.5. The fraction of sp³-hybridized carbons (Fsp3) is 0.412. The van der Waals surface area contributed by atoms with Gasteiger partial charge in [0.25, 0.3) is 5.91 Å². The molecule has 0 aromatic heterocycles. The molecule has 0 radical (unpaired) electrons. The summed E-state index contributed by atoms with van der Waals surface area (Å²) >= 11 is 6.12. The number of nitrogens with zero attached hydrogens (tertiary/aromatic N) is 2. The predicted molar refractivity (Wildman–Crippen MR) is 166 cm³/mol. The smallest absolute Gasteiger partial charge is 0.313 e. The van der Waals surface area contributed by atoms with Crippen LogP contribution in [0.4, 0.5) is 5.69 Å². The summed E-state index contributed by atoms with van der Waals surface area (Å²) in [6.45, 7) is 1.73. The number of aliphatic hydroxyl groups excluding tert-OH is 1. The number of cyclic esters (lactones) is 1. The lowest BCUT2D eigenvalue weighted by Gasteiger charge is -2.38. The summed E-state index contributed by atoms with van der Waals surface area (Å²) in [5.41, 5.74) is -0.228. The molecule has 2 aromatic rings. The van der Waals surface area contributed by atoms with Gasteiger partial charge in [-0.3, -0.25) is 19.2 Å². The van der Waals surface area contributed by atoms with Crippen LogP contribution < -0.4 is 10.2 Å². The Morgan fingerprint density at radius 1 is 1.04 bits per heavy atom. The lowest BCUT2D eigenvalue weighted by Crippen LogP contribution is -2.58. The molecule has 4 heterocycles. The van der Waals surface area contributed by atoms with Crippen molar-refractivity contribution in [3.8, 4) is 0 Å². The van der Waals surface area contributed by atoms with Gasteiger partial charge >= 0.3 is 5.97 Å². The number of hydrogen-bond donors (Lipinski definition) is 2. The van der Waals surface area contributed by atoms with Crippen LogP contribution in [0.5, 0.6) is 0 Å². The summed E-state index contributed by atoms with van der Waals surface area (Å²) < 4.78 is 12.8. The van der Waals surface area contributed by atoms with Gasteiger partial charge in [0.2, 0.25) is 11.8 Å². The minimum absolute atomic E-state index is 0.0614. The number of nitrogens with one attached hydrogen (secondary N) is 1. The van der Waals surface area contributed by atoms with Gasteiger partial charge in [-0.25, -0.2) is 0 Å². The number of halogens is 1. The molecule has 1 spiro atoms. The molecular weight excluding hydrogens is 598 g/mol. The van der Waals surface area contributed by atoms with Crippen molar-refractivity contribution in [3.05, 3.63) is 89.5 Å². The SMILES string of the molecule is CC[C@@H](CO)N1C(=O)[C@H]2[C@@H]3C(=O)O[C@@H](c4ccccc4)CNC(=O)CC/C=C\[C@@H]3O[C@]23C=CCN(c2ccc(Cl)cc2)C(=O)[C@H]13. The fourth-order valence-electron chi connectivity index (χ4n) is 7.01. The van der Waals surface area contributed by atoms with Crippen LogP contribution in [0.25, 0.3) is 0 Å². The van der Waals surface area contributed by atoms with E-state index in [2.05, 4.69) is 5.32 Å². The maximum atomic E-state index is 14.6. The van der Waals surface area contributed by atoms with Gasteiger partial charge < -0.3 is 29.7 Å². The van der Waals surface area contributed by atoms with E-state index in [0.29, 0.717) is 29.1 Å². The molecule has 2 N–H and O–H groups in total. The topological polar surface area (TPSA) is 125 Å². The van der Waals surface area contributed by atoms with Crippen molar-refractivity contribution < 1.29 is 33.8 Å². The summed E-state index contributed by atoms with van der Waals surface area (Å²) in [4.78, 5) is 58.8. The number of benzene rings is 2. The quantitative estimate of drug-likeness (QED) is 0.382. The Labute approximate surface area is 266 Å². The lowest BCUT2D eigenvalue weighted by molar-refractivity contribution is -0.160. The molecule has 6 rings (SSSR count). The van der Waals surface area contributed by atoms with Crippen molar-refractivity contribution >= 4 is 41.0 Å². The van der Waals surface area contributed by atoms with Gasteiger partial charge in [0.1, 0.15) is 23.7 Å². The van der Waals surface area contributed by atoms with Gasteiger partial charge in [0, 0.05) is 23.7 Å². The standard InChI is InChI=1S/C34H36ClN3O7/c1-2-23(20-39)38-30-32(42)37(24-15-13-22(35)14-16-24)18-8-17-34(30)29(31(38)41)28-25(45-34)11-6-7-12-27(40)36-19-26(44-33(28)43)21-9-4-3-5-10-21/h3-6,8-11,13-17,23,25-26,28-30,39H,2,7,12,18-20H2,1H3,(H,36,40)/b11-6-/t23-,25-,26+,28+,29+,30-,34+/m0/s1. The van der Waals surface area contributed by atoms with Crippen molar-refractivity contribution in [3.63, 3.8) is 0 Å². The molecule has 236 valence electrons. The molecule has 0 bridgehead atoms. The molecule has 0 aliphatic carbocycles. The van der Waals surface area contributed by atoms with Gasteiger partial charge in [-0.05, 0) is 42.7 Å². The molecule has 7 atom stereocenters. The summed E-state index contributed by atoms with van der Waals surface area (Å²) in [7, 11) is 0. The summed E-state index contributed by atoms with van der Waals surface area (Å²) in [6.07, 6.45) is 6.28. The van der Waals surface area contributed by atoms with E-state index in [1.54, 1.807) is 53.5 Å². The van der Waals surface area contributed by atoms with Crippen LogP contribution in [-0.2, 0) is 28.7 Å².